The summed E-state index contributed by atoms with van der Waals surface area (Å²) in [5.41, 5.74) is 4.56. The van der Waals surface area contributed by atoms with E-state index in [-0.39, 0.29) is 11.9 Å². The van der Waals surface area contributed by atoms with Crippen LogP contribution < -0.4 is 4.90 Å². The van der Waals surface area contributed by atoms with Gasteiger partial charge in [0.15, 0.2) is 11.5 Å². The number of aromatic nitrogens is 4. The number of fused-ring (bicyclic) bond motifs is 3. The van der Waals surface area contributed by atoms with E-state index < -0.39 is 0 Å². The summed E-state index contributed by atoms with van der Waals surface area (Å²) in [4.78, 5) is 22.4. The van der Waals surface area contributed by atoms with E-state index in [1.54, 1.807) is 0 Å². The topological polar surface area (TPSA) is 66.6 Å². The van der Waals surface area contributed by atoms with Crippen molar-refractivity contribution in [2.45, 2.75) is 19.9 Å². The minimum absolute atomic E-state index is 0.0266. The number of carbonyl (C=O) groups excluding carboxylic acids is 1. The third-order valence-electron chi connectivity index (χ3n) is 6.70. The van der Waals surface area contributed by atoms with Crippen molar-refractivity contribution in [3.8, 4) is 11.4 Å². The van der Waals surface area contributed by atoms with E-state index in [4.69, 9.17) is 4.98 Å². The normalized spacial score (nSPS) is 16.2. The first-order valence-corrected chi connectivity index (χ1v) is 11.9. The molecule has 174 valence electrons. The van der Waals surface area contributed by atoms with Crippen LogP contribution in [-0.2, 0) is 0 Å². The highest BCUT2D eigenvalue weighted by molar-refractivity contribution is 5.95. The lowest BCUT2D eigenvalue weighted by molar-refractivity contribution is 0.0673. The number of benzene rings is 3. The molecule has 0 bridgehead atoms. The molecule has 6 rings (SSSR count). The number of rotatable bonds is 3. The van der Waals surface area contributed by atoms with E-state index in [2.05, 4.69) is 51.5 Å². The van der Waals surface area contributed by atoms with Crippen molar-refractivity contribution in [1.82, 2.24) is 24.5 Å². The molecule has 0 N–H and O–H groups in total. The van der Waals surface area contributed by atoms with Crippen LogP contribution >= 0.6 is 0 Å². The van der Waals surface area contributed by atoms with Gasteiger partial charge >= 0.3 is 0 Å². The zero-order valence-electron chi connectivity index (χ0n) is 19.8. The van der Waals surface area contributed by atoms with Gasteiger partial charge in [0.2, 0.25) is 5.95 Å². The van der Waals surface area contributed by atoms with E-state index >= 15 is 0 Å². The van der Waals surface area contributed by atoms with Crippen LogP contribution in [0.25, 0.3) is 27.9 Å². The number of carbonyl (C=O) groups is 1. The summed E-state index contributed by atoms with van der Waals surface area (Å²) in [5.74, 6) is 1.64. The fourth-order valence-electron chi connectivity index (χ4n) is 4.94. The highest BCUT2D eigenvalue weighted by Gasteiger charge is 2.31. The Morgan fingerprint density at radius 2 is 1.71 bits per heavy atom. The van der Waals surface area contributed by atoms with E-state index in [9.17, 15) is 4.79 Å². The minimum Gasteiger partial charge on any atom is -0.338 e. The van der Waals surface area contributed by atoms with Gasteiger partial charge in [-0.1, -0.05) is 54.1 Å². The number of anilines is 1. The van der Waals surface area contributed by atoms with Crippen LogP contribution in [0.1, 0.15) is 22.8 Å². The average Bonchev–Trinajstić information content (AvgIpc) is 3.34. The second-order valence-corrected chi connectivity index (χ2v) is 9.14. The maximum absolute atomic E-state index is 13.1. The monoisotopic (exact) mass is 462 g/mol. The van der Waals surface area contributed by atoms with Crippen molar-refractivity contribution in [1.29, 1.82) is 0 Å². The number of piperazine rings is 1. The summed E-state index contributed by atoms with van der Waals surface area (Å²) in [5, 5.41) is 10.2. The zero-order chi connectivity index (χ0) is 23.9. The van der Waals surface area contributed by atoms with Crippen molar-refractivity contribution in [3.63, 3.8) is 0 Å². The molecular weight excluding hydrogens is 436 g/mol. The van der Waals surface area contributed by atoms with Crippen LogP contribution in [0.4, 0.5) is 5.95 Å². The van der Waals surface area contributed by atoms with Gasteiger partial charge in [0.25, 0.3) is 5.91 Å². The molecule has 1 fully saturated rings. The molecule has 3 heterocycles. The van der Waals surface area contributed by atoms with E-state index in [1.807, 2.05) is 65.6 Å². The fourth-order valence-corrected chi connectivity index (χ4v) is 4.94. The number of nitrogens with zero attached hydrogens (tertiary/aromatic N) is 6. The summed E-state index contributed by atoms with van der Waals surface area (Å²) in [6, 6.07) is 25.9. The van der Waals surface area contributed by atoms with Gasteiger partial charge in [-0.3, -0.25) is 4.79 Å². The van der Waals surface area contributed by atoms with Crippen molar-refractivity contribution >= 4 is 28.4 Å². The highest BCUT2D eigenvalue weighted by Crippen LogP contribution is 2.30. The Morgan fingerprint density at radius 1 is 0.914 bits per heavy atom. The number of hydrogen-bond donors (Lipinski definition) is 0. The van der Waals surface area contributed by atoms with Gasteiger partial charge in [-0.15, -0.1) is 10.2 Å². The fraction of sp³-hybridized carbons (Fsp3) is 0.214. The Kier molecular flexibility index (Phi) is 5.17. The van der Waals surface area contributed by atoms with Crippen molar-refractivity contribution in [2.24, 2.45) is 0 Å². The van der Waals surface area contributed by atoms with Crippen molar-refractivity contribution < 1.29 is 4.79 Å². The predicted octanol–water partition coefficient (Wildman–Crippen LogP) is 4.60. The van der Waals surface area contributed by atoms with E-state index in [0.717, 1.165) is 45.0 Å². The molecular formula is C28H26N6O. The summed E-state index contributed by atoms with van der Waals surface area (Å²) in [7, 11) is 0. The lowest BCUT2D eigenvalue weighted by Crippen LogP contribution is -2.54. The lowest BCUT2D eigenvalue weighted by atomic mass is 10.1. The Bertz CT molecular complexity index is 1540. The largest absolute Gasteiger partial charge is 0.338 e. The first-order chi connectivity index (χ1) is 17.1. The molecule has 7 nitrogen and oxygen atoms in total. The van der Waals surface area contributed by atoms with Gasteiger partial charge in [-0.25, -0.2) is 9.38 Å². The molecule has 0 spiro atoms. The van der Waals surface area contributed by atoms with Crippen LogP contribution in [0.2, 0.25) is 0 Å². The third kappa shape index (κ3) is 3.69. The summed E-state index contributed by atoms with van der Waals surface area (Å²) < 4.78 is 2.07. The van der Waals surface area contributed by atoms with Gasteiger partial charge < -0.3 is 9.80 Å². The van der Waals surface area contributed by atoms with Crippen LogP contribution in [-0.4, -0.2) is 56.1 Å². The van der Waals surface area contributed by atoms with Gasteiger partial charge in [0.1, 0.15) is 0 Å². The molecule has 1 aliphatic rings. The van der Waals surface area contributed by atoms with Crippen LogP contribution in [0, 0.1) is 6.92 Å². The second kappa shape index (κ2) is 8.51. The number of aryl methyl sites for hydroxylation is 1. The Labute approximate surface area is 203 Å². The van der Waals surface area contributed by atoms with E-state index in [1.165, 1.54) is 0 Å². The molecule has 1 unspecified atom stereocenters. The Morgan fingerprint density at radius 3 is 2.51 bits per heavy atom. The third-order valence-corrected chi connectivity index (χ3v) is 6.70. The Balaban J connectivity index is 1.43. The summed E-state index contributed by atoms with van der Waals surface area (Å²) >= 11 is 0. The minimum atomic E-state index is 0.0266. The standard InChI is InChI=1S/C28H26N6O/c1-19-9-8-12-22(17-19)25-30-31-26-23-13-6-7-14-24(23)29-28(34(25)26)32-15-16-33(20(2)18-32)27(35)21-10-4-3-5-11-21/h3-14,17,20H,15-16,18H2,1-2H3. The van der Waals surface area contributed by atoms with Crippen molar-refractivity contribution in [2.75, 3.05) is 24.5 Å². The maximum atomic E-state index is 13.1. The molecule has 7 heteroatoms. The molecule has 2 aromatic heterocycles. The zero-order valence-corrected chi connectivity index (χ0v) is 19.8. The maximum Gasteiger partial charge on any atom is 0.254 e. The van der Waals surface area contributed by atoms with E-state index in [0.29, 0.717) is 19.6 Å². The molecule has 0 aliphatic carbocycles. The van der Waals surface area contributed by atoms with Gasteiger partial charge in [-0.2, -0.15) is 0 Å². The second-order valence-electron chi connectivity index (χ2n) is 9.14. The summed E-state index contributed by atoms with van der Waals surface area (Å²) in [6.45, 7) is 6.14. The lowest BCUT2D eigenvalue weighted by Gasteiger charge is -2.40. The average molecular weight is 463 g/mol. The molecule has 1 atom stereocenters. The van der Waals surface area contributed by atoms with Crippen LogP contribution in [0.5, 0.6) is 0 Å². The quantitative estimate of drug-likeness (QED) is 0.392. The molecule has 0 radical (unpaired) electrons. The van der Waals surface area contributed by atoms with Crippen molar-refractivity contribution in [3.05, 3.63) is 90.0 Å². The van der Waals surface area contributed by atoms with Gasteiger partial charge in [-0.05, 0) is 44.2 Å². The highest BCUT2D eigenvalue weighted by atomic mass is 16.2. The molecule has 1 amide bonds. The molecule has 1 aliphatic heterocycles. The molecule has 0 saturated carbocycles. The first kappa shape index (κ1) is 21.3. The van der Waals surface area contributed by atoms with Crippen LogP contribution in [0.3, 0.4) is 0 Å². The van der Waals surface area contributed by atoms with Gasteiger partial charge in [0, 0.05) is 42.2 Å². The molecule has 3 aromatic carbocycles. The molecule has 5 aromatic rings. The molecule has 35 heavy (non-hydrogen) atoms. The van der Waals surface area contributed by atoms with Crippen LogP contribution in [0.15, 0.2) is 78.9 Å². The van der Waals surface area contributed by atoms with Gasteiger partial charge in [0.05, 0.1) is 5.52 Å². The SMILES string of the molecule is Cc1cccc(-c2nnc3c4ccccc4nc(N4CCN(C(=O)c5ccccc5)C(C)C4)n23)c1. The Hall–Kier alpha value is -4.26. The number of hydrogen-bond acceptors (Lipinski definition) is 5. The first-order valence-electron chi connectivity index (χ1n) is 11.9. The number of para-hydroxylation sites is 1. The summed E-state index contributed by atoms with van der Waals surface area (Å²) in [6.07, 6.45) is 0. The predicted molar refractivity (Wildman–Crippen MR) is 138 cm³/mol. The smallest absolute Gasteiger partial charge is 0.254 e. The number of amides is 1. The molecule has 1 saturated heterocycles.